The van der Waals surface area contributed by atoms with Crippen LogP contribution in [0.25, 0.3) is 0 Å². The average molecular weight is 371 g/mol. The highest BCUT2D eigenvalue weighted by molar-refractivity contribution is 7.80. The molecule has 3 N–H and O–H groups in total. The lowest BCUT2D eigenvalue weighted by Gasteiger charge is -2.15. The summed E-state index contributed by atoms with van der Waals surface area (Å²) < 4.78 is 22.6. The first-order chi connectivity index (χ1) is 11.6. The van der Waals surface area contributed by atoms with E-state index in [4.69, 9.17) is 20.5 Å². The van der Waals surface area contributed by atoms with Crippen molar-refractivity contribution in [2.24, 2.45) is 0 Å². The van der Waals surface area contributed by atoms with Crippen molar-refractivity contribution in [3.63, 3.8) is 0 Å². The van der Waals surface area contributed by atoms with Crippen molar-refractivity contribution >= 4 is 28.4 Å². The Labute approximate surface area is 148 Å². The van der Waals surface area contributed by atoms with E-state index >= 15 is 0 Å². The van der Waals surface area contributed by atoms with E-state index in [1.165, 1.54) is 0 Å². The summed E-state index contributed by atoms with van der Waals surface area (Å²) in [6.45, 7) is 0.484. The van der Waals surface area contributed by atoms with Crippen LogP contribution in [0.5, 0.6) is 11.5 Å². The highest BCUT2D eigenvalue weighted by Gasteiger charge is 2.08. The summed E-state index contributed by atoms with van der Waals surface area (Å²) in [5, 5.41) is 15.3. The third-order valence-corrected chi connectivity index (χ3v) is 4.20. The molecule has 0 bridgehead atoms. The third kappa shape index (κ3) is 5.68. The van der Waals surface area contributed by atoms with Crippen molar-refractivity contribution in [3.8, 4) is 11.5 Å². The van der Waals surface area contributed by atoms with Crippen molar-refractivity contribution in [2.75, 3.05) is 24.9 Å². The molecule has 0 aliphatic heterocycles. The Morgan fingerprint density at radius 1 is 1.12 bits per heavy atom. The molecule has 0 radical (unpaired) electrons. The molecule has 6 nitrogen and oxygen atoms in total. The van der Waals surface area contributed by atoms with E-state index in [0.717, 1.165) is 0 Å². The number of anilines is 1. The van der Waals surface area contributed by atoms with Crippen molar-refractivity contribution in [1.82, 2.24) is 5.32 Å². The van der Waals surface area contributed by atoms with E-state index in [1.54, 1.807) is 55.6 Å². The van der Waals surface area contributed by atoms with Crippen molar-refractivity contribution in [1.29, 1.82) is 0 Å². The molecule has 0 fully saturated rings. The second-order valence-electron chi connectivity index (χ2n) is 4.71. The molecule has 24 heavy (non-hydrogen) atoms. The van der Waals surface area contributed by atoms with Gasteiger partial charge in [0.25, 0.3) is 0 Å². The van der Waals surface area contributed by atoms with Gasteiger partial charge in [-0.2, -0.15) is 0 Å². The van der Waals surface area contributed by atoms with Crippen LogP contribution in [0.4, 0.5) is 5.69 Å². The molecule has 0 aliphatic carbocycles. The predicted molar refractivity (Wildman–Crippen MR) is 94.8 cm³/mol. The van der Waals surface area contributed by atoms with E-state index in [2.05, 4.69) is 10.6 Å². The Morgan fingerprint density at radius 2 is 1.75 bits per heavy atom. The zero-order valence-electron chi connectivity index (χ0n) is 13.1. The Hall–Kier alpha value is -1.80. The van der Waals surface area contributed by atoms with Crippen LogP contribution in [0.2, 0.25) is 0 Å². The molecule has 2 aromatic rings. The lowest BCUT2D eigenvalue weighted by atomic mass is 10.3. The summed E-state index contributed by atoms with van der Waals surface area (Å²) in [7, 11) is 1.57. The van der Waals surface area contributed by atoms with Crippen LogP contribution in [0, 0.1) is 0 Å². The van der Waals surface area contributed by atoms with Crippen molar-refractivity contribution in [2.45, 2.75) is 11.2 Å². The average Bonchev–Trinajstić information content (AvgIpc) is 2.61. The van der Waals surface area contributed by atoms with Crippen molar-refractivity contribution in [3.05, 3.63) is 48.5 Å². The first-order valence-electron chi connectivity index (χ1n) is 7.20. The molecule has 2 rings (SSSR count). The van der Waals surface area contributed by atoms with Gasteiger partial charge in [-0.05, 0) is 48.5 Å². The molecule has 0 aliphatic rings. The van der Waals surface area contributed by atoms with Gasteiger partial charge in [-0.3, -0.25) is 5.32 Å². The maximum atomic E-state index is 12.2. The molecule has 2 atom stereocenters. The van der Waals surface area contributed by atoms with Gasteiger partial charge in [-0.1, -0.05) is 0 Å². The number of alkyl halides is 1. The minimum atomic E-state index is -1.62. The van der Waals surface area contributed by atoms with Crippen LogP contribution in [-0.4, -0.2) is 35.2 Å². The molecule has 8 heteroatoms. The normalized spacial score (nSPS) is 13.1. The lowest BCUT2D eigenvalue weighted by molar-refractivity contribution is 0.168. The predicted octanol–water partition coefficient (Wildman–Crippen LogP) is 2.31. The van der Waals surface area contributed by atoms with Gasteiger partial charge >= 0.3 is 0 Å². The fourth-order valence-corrected chi connectivity index (χ4v) is 2.68. The van der Waals surface area contributed by atoms with Gasteiger partial charge in [0.15, 0.2) is 6.35 Å². The number of aliphatic hydroxyl groups is 1. The summed E-state index contributed by atoms with van der Waals surface area (Å²) in [6.07, 6.45) is -0.899. The number of rotatable bonds is 9. The SMILES string of the molecule is COc1ccc(S(=O)Oc2ccc(NC(O)NCCCl)cc2)cc1. The summed E-state index contributed by atoms with van der Waals surface area (Å²) in [6, 6.07) is 13.6. The molecule has 2 aromatic carbocycles. The monoisotopic (exact) mass is 370 g/mol. The number of halogens is 1. The van der Waals surface area contributed by atoms with Crippen LogP contribution in [0.15, 0.2) is 53.4 Å². The highest BCUT2D eigenvalue weighted by atomic mass is 35.5. The fraction of sp³-hybridized carbons (Fsp3) is 0.250. The van der Waals surface area contributed by atoms with Gasteiger partial charge in [-0.25, -0.2) is 4.21 Å². The van der Waals surface area contributed by atoms with Gasteiger partial charge < -0.3 is 19.3 Å². The smallest absolute Gasteiger partial charge is 0.240 e. The first kappa shape index (κ1) is 18.5. The molecular weight excluding hydrogens is 352 g/mol. The quantitative estimate of drug-likeness (QED) is 0.464. The number of hydrogen-bond donors (Lipinski definition) is 3. The van der Waals surface area contributed by atoms with Gasteiger partial charge in [-0.15, -0.1) is 11.6 Å². The minimum Gasteiger partial charge on any atom is -0.497 e. The number of benzene rings is 2. The molecule has 130 valence electrons. The molecule has 0 spiro atoms. The second kappa shape index (κ2) is 9.48. The number of nitrogens with one attached hydrogen (secondary N) is 2. The standard InChI is InChI=1S/C16H19ClN2O4S/c1-22-13-6-8-15(9-7-13)24(21)23-14-4-2-12(3-5-14)19-16(20)18-11-10-17/h2-9,16,18-20H,10-11H2,1H3. The number of hydrogen-bond acceptors (Lipinski definition) is 6. The molecule has 2 unspecified atom stereocenters. The minimum absolute atomic E-state index is 0.405. The Bertz CT molecular complexity index is 652. The summed E-state index contributed by atoms with van der Waals surface area (Å²) in [5.74, 6) is 1.55. The Kier molecular flexibility index (Phi) is 7.33. The number of ether oxygens (including phenoxy) is 1. The first-order valence-corrected chi connectivity index (χ1v) is 8.81. The fourth-order valence-electron chi connectivity index (χ4n) is 1.83. The lowest BCUT2D eigenvalue weighted by Crippen LogP contribution is -2.36. The van der Waals surface area contributed by atoms with E-state index in [1.807, 2.05) is 0 Å². The zero-order chi connectivity index (χ0) is 17.4. The Balaban J connectivity index is 1.91. The molecule has 0 amide bonds. The maximum Gasteiger partial charge on any atom is 0.240 e. The summed E-state index contributed by atoms with van der Waals surface area (Å²) in [5.41, 5.74) is 0.687. The zero-order valence-corrected chi connectivity index (χ0v) is 14.6. The Morgan fingerprint density at radius 3 is 2.33 bits per heavy atom. The third-order valence-electron chi connectivity index (χ3n) is 3.01. The van der Waals surface area contributed by atoms with Gasteiger partial charge in [0, 0.05) is 18.1 Å². The van der Waals surface area contributed by atoms with Crippen LogP contribution in [0.3, 0.4) is 0 Å². The number of methoxy groups -OCH3 is 1. The van der Waals surface area contributed by atoms with E-state index < -0.39 is 17.4 Å². The molecule has 0 saturated heterocycles. The largest absolute Gasteiger partial charge is 0.497 e. The van der Waals surface area contributed by atoms with Gasteiger partial charge in [0.2, 0.25) is 11.1 Å². The molecule has 0 aromatic heterocycles. The van der Waals surface area contributed by atoms with Crippen molar-refractivity contribution < 1.29 is 18.2 Å². The van der Waals surface area contributed by atoms with Gasteiger partial charge in [0.1, 0.15) is 11.5 Å². The van der Waals surface area contributed by atoms with Gasteiger partial charge in [0.05, 0.1) is 12.0 Å². The molecule has 0 saturated carbocycles. The maximum absolute atomic E-state index is 12.2. The van der Waals surface area contributed by atoms with E-state index in [0.29, 0.717) is 34.5 Å². The van der Waals surface area contributed by atoms with Crippen LogP contribution < -0.4 is 19.6 Å². The summed E-state index contributed by atoms with van der Waals surface area (Å²) in [4.78, 5) is 0.540. The number of aliphatic hydroxyl groups excluding tert-OH is 1. The van der Waals surface area contributed by atoms with Crippen LogP contribution in [-0.2, 0) is 11.1 Å². The van der Waals surface area contributed by atoms with Crippen LogP contribution in [0.1, 0.15) is 0 Å². The molecular formula is C16H19ClN2O4S. The second-order valence-corrected chi connectivity index (χ2v) is 6.19. The summed E-state index contributed by atoms with van der Waals surface area (Å²) >= 11 is 3.91. The van der Waals surface area contributed by atoms with E-state index in [9.17, 15) is 9.32 Å². The topological polar surface area (TPSA) is 79.8 Å². The highest BCUT2D eigenvalue weighted by Crippen LogP contribution is 2.20. The molecule has 0 heterocycles. The van der Waals surface area contributed by atoms with Crippen LogP contribution >= 0.6 is 11.6 Å². The van der Waals surface area contributed by atoms with E-state index in [-0.39, 0.29) is 0 Å².